The lowest BCUT2D eigenvalue weighted by molar-refractivity contribution is -0.383. The van der Waals surface area contributed by atoms with Gasteiger partial charge in [0.1, 0.15) is 4.21 Å². The number of nitro groups is 1. The highest BCUT2D eigenvalue weighted by atomic mass is 32.2. The van der Waals surface area contributed by atoms with Crippen molar-refractivity contribution in [3.05, 3.63) is 16.2 Å². The number of anilines is 1. The minimum Gasteiger partial charge on any atom is -0.383 e. The Bertz CT molecular complexity index is 554. The van der Waals surface area contributed by atoms with Gasteiger partial charge < -0.3 is 10.1 Å². The molecule has 0 aliphatic heterocycles. The van der Waals surface area contributed by atoms with Gasteiger partial charge in [-0.1, -0.05) is 11.3 Å². The van der Waals surface area contributed by atoms with Crippen molar-refractivity contribution < 1.29 is 18.1 Å². The van der Waals surface area contributed by atoms with Crippen molar-refractivity contribution in [2.75, 3.05) is 39.7 Å². The van der Waals surface area contributed by atoms with Gasteiger partial charge in [0.2, 0.25) is 0 Å². The summed E-state index contributed by atoms with van der Waals surface area (Å²) in [4.78, 5) is 10.2. The monoisotopic (exact) mass is 309 g/mol. The SMILES string of the molecule is CNc1sc(S(=O)(=O)N(C)CCOC)cc1[N+](=O)[O-]. The Balaban J connectivity index is 3.11. The van der Waals surface area contributed by atoms with Crippen molar-refractivity contribution in [2.24, 2.45) is 0 Å². The molecule has 0 bridgehead atoms. The van der Waals surface area contributed by atoms with Crippen LogP contribution in [-0.2, 0) is 14.8 Å². The van der Waals surface area contributed by atoms with Crippen LogP contribution in [0.3, 0.4) is 0 Å². The van der Waals surface area contributed by atoms with Crippen LogP contribution in [0.5, 0.6) is 0 Å². The molecule has 1 N–H and O–H groups in total. The predicted octanol–water partition coefficient (Wildman–Crippen LogP) is 0.965. The molecule has 1 aromatic rings. The summed E-state index contributed by atoms with van der Waals surface area (Å²) in [7, 11) is 0.644. The lowest BCUT2D eigenvalue weighted by Gasteiger charge is -2.14. The second-order valence-corrected chi connectivity index (χ2v) is 6.93. The van der Waals surface area contributed by atoms with E-state index in [4.69, 9.17) is 4.74 Å². The van der Waals surface area contributed by atoms with E-state index in [1.807, 2.05) is 0 Å². The molecule has 0 aromatic carbocycles. The maximum absolute atomic E-state index is 12.2. The van der Waals surface area contributed by atoms with E-state index in [2.05, 4.69) is 5.32 Å². The molecule has 0 radical (unpaired) electrons. The van der Waals surface area contributed by atoms with Crippen molar-refractivity contribution in [3.63, 3.8) is 0 Å². The second-order valence-electron chi connectivity index (χ2n) is 3.61. The van der Waals surface area contributed by atoms with E-state index < -0.39 is 14.9 Å². The van der Waals surface area contributed by atoms with E-state index in [1.54, 1.807) is 0 Å². The second kappa shape index (κ2) is 6.28. The summed E-state index contributed by atoms with van der Waals surface area (Å²) in [6.07, 6.45) is 0. The van der Waals surface area contributed by atoms with Crippen molar-refractivity contribution in [1.82, 2.24) is 4.31 Å². The van der Waals surface area contributed by atoms with Crippen LogP contribution in [0.4, 0.5) is 10.7 Å². The molecule has 108 valence electrons. The maximum Gasteiger partial charge on any atom is 0.304 e. The number of thiophene rings is 1. The first-order valence-corrected chi connectivity index (χ1v) is 7.51. The van der Waals surface area contributed by atoms with Crippen LogP contribution in [0.2, 0.25) is 0 Å². The molecule has 0 saturated heterocycles. The van der Waals surface area contributed by atoms with Crippen LogP contribution >= 0.6 is 11.3 Å². The van der Waals surface area contributed by atoms with Crippen LogP contribution < -0.4 is 5.32 Å². The smallest absolute Gasteiger partial charge is 0.304 e. The number of nitrogens with one attached hydrogen (secondary N) is 1. The molecule has 0 amide bonds. The number of rotatable bonds is 7. The number of nitrogens with zero attached hydrogens (tertiary/aromatic N) is 2. The summed E-state index contributed by atoms with van der Waals surface area (Å²) < 4.78 is 30.2. The van der Waals surface area contributed by atoms with Crippen molar-refractivity contribution >= 4 is 32.0 Å². The minimum absolute atomic E-state index is 0.0675. The first kappa shape index (κ1) is 15.8. The zero-order valence-electron chi connectivity index (χ0n) is 10.7. The largest absolute Gasteiger partial charge is 0.383 e. The highest BCUT2D eigenvalue weighted by molar-refractivity contribution is 7.91. The molecule has 19 heavy (non-hydrogen) atoms. The third-order valence-electron chi connectivity index (χ3n) is 2.39. The van der Waals surface area contributed by atoms with E-state index in [0.717, 1.165) is 21.7 Å². The molecule has 8 nitrogen and oxygen atoms in total. The number of ether oxygens (including phenoxy) is 1. The molecule has 1 heterocycles. The third-order valence-corrected chi connectivity index (χ3v) is 5.84. The van der Waals surface area contributed by atoms with Gasteiger partial charge >= 0.3 is 5.69 Å². The summed E-state index contributed by atoms with van der Waals surface area (Å²) in [6, 6.07) is 1.06. The minimum atomic E-state index is -3.73. The summed E-state index contributed by atoms with van der Waals surface area (Å²) in [5.41, 5.74) is -0.244. The fourth-order valence-electron chi connectivity index (χ4n) is 1.29. The van der Waals surface area contributed by atoms with E-state index in [0.29, 0.717) is 0 Å². The fourth-order valence-corrected chi connectivity index (χ4v) is 3.94. The Morgan fingerprint density at radius 3 is 2.63 bits per heavy atom. The number of likely N-dealkylation sites (N-methyl/N-ethyl adjacent to an activating group) is 1. The zero-order chi connectivity index (χ0) is 14.6. The van der Waals surface area contributed by atoms with Gasteiger partial charge in [-0.3, -0.25) is 10.1 Å². The van der Waals surface area contributed by atoms with Crippen LogP contribution in [-0.4, -0.2) is 52.0 Å². The quantitative estimate of drug-likeness (QED) is 0.594. The maximum atomic E-state index is 12.2. The molecule has 10 heteroatoms. The molecule has 1 aromatic heterocycles. The number of hydrogen-bond donors (Lipinski definition) is 1. The highest BCUT2D eigenvalue weighted by Crippen LogP contribution is 2.37. The van der Waals surface area contributed by atoms with Gasteiger partial charge in [0, 0.05) is 33.8 Å². The Kier molecular flexibility index (Phi) is 5.23. The van der Waals surface area contributed by atoms with Crippen LogP contribution in [0, 0.1) is 10.1 Å². The van der Waals surface area contributed by atoms with Crippen molar-refractivity contribution in [2.45, 2.75) is 4.21 Å². The average molecular weight is 309 g/mol. The summed E-state index contributed by atoms with van der Waals surface area (Å²) >= 11 is 0.833. The predicted molar refractivity (Wildman–Crippen MR) is 72.2 cm³/mol. The molecular weight excluding hydrogens is 294 g/mol. The van der Waals surface area contributed by atoms with Crippen LogP contribution in [0.1, 0.15) is 0 Å². The molecule has 0 aliphatic rings. The first-order valence-electron chi connectivity index (χ1n) is 5.25. The topological polar surface area (TPSA) is 102 Å². The average Bonchev–Trinajstić information content (AvgIpc) is 2.80. The molecule has 0 atom stereocenters. The third kappa shape index (κ3) is 3.41. The molecule has 0 saturated carbocycles. The number of hydrogen-bond acceptors (Lipinski definition) is 7. The number of methoxy groups -OCH3 is 1. The standard InChI is InChI=1S/C9H15N3O5S2/c1-10-9-7(12(13)14)6-8(18-9)19(15,16)11(2)4-5-17-3/h6,10H,4-5H2,1-3H3. The van der Waals surface area contributed by atoms with Gasteiger partial charge in [0.25, 0.3) is 10.0 Å². The molecule has 1 rings (SSSR count). The lowest BCUT2D eigenvalue weighted by atomic mass is 10.5. The van der Waals surface area contributed by atoms with E-state index >= 15 is 0 Å². The number of sulfonamides is 1. The van der Waals surface area contributed by atoms with E-state index in [1.165, 1.54) is 21.2 Å². The summed E-state index contributed by atoms with van der Waals surface area (Å²) in [5, 5.41) is 13.6. The Morgan fingerprint density at radius 2 is 2.21 bits per heavy atom. The van der Waals surface area contributed by atoms with Crippen molar-refractivity contribution in [3.8, 4) is 0 Å². The zero-order valence-corrected chi connectivity index (χ0v) is 12.4. The van der Waals surface area contributed by atoms with Gasteiger partial charge in [-0.25, -0.2) is 8.42 Å². The summed E-state index contributed by atoms with van der Waals surface area (Å²) in [5.74, 6) is 0. The summed E-state index contributed by atoms with van der Waals surface area (Å²) in [6.45, 7) is 0.432. The van der Waals surface area contributed by atoms with Gasteiger partial charge in [-0.2, -0.15) is 4.31 Å². The molecule has 0 unspecified atom stereocenters. The van der Waals surface area contributed by atoms with Gasteiger partial charge in [0.15, 0.2) is 5.00 Å². The lowest BCUT2D eigenvalue weighted by Crippen LogP contribution is -2.29. The van der Waals surface area contributed by atoms with Gasteiger partial charge in [0.05, 0.1) is 11.5 Å². The van der Waals surface area contributed by atoms with Crippen LogP contribution in [0.15, 0.2) is 10.3 Å². The van der Waals surface area contributed by atoms with Gasteiger partial charge in [-0.05, 0) is 0 Å². The Labute approximate surface area is 115 Å². The van der Waals surface area contributed by atoms with Crippen LogP contribution in [0.25, 0.3) is 0 Å². The fraction of sp³-hybridized carbons (Fsp3) is 0.556. The molecule has 0 aliphatic carbocycles. The molecular formula is C9H15N3O5S2. The first-order chi connectivity index (χ1) is 8.84. The Morgan fingerprint density at radius 1 is 1.58 bits per heavy atom. The van der Waals surface area contributed by atoms with E-state index in [9.17, 15) is 18.5 Å². The molecule has 0 spiro atoms. The molecule has 0 fully saturated rings. The normalized spacial score (nSPS) is 11.8. The van der Waals surface area contributed by atoms with Gasteiger partial charge in [-0.15, -0.1) is 0 Å². The van der Waals surface area contributed by atoms with Crippen molar-refractivity contribution in [1.29, 1.82) is 0 Å². The Hall–Kier alpha value is -1.23. The highest BCUT2D eigenvalue weighted by Gasteiger charge is 2.28. The van der Waals surface area contributed by atoms with E-state index in [-0.39, 0.29) is 28.0 Å².